The van der Waals surface area contributed by atoms with Crippen LogP contribution in [-0.4, -0.2) is 41.2 Å². The molecule has 2 aromatic rings. The molecule has 0 bridgehead atoms. The summed E-state index contributed by atoms with van der Waals surface area (Å²) < 4.78 is 29.0. The van der Waals surface area contributed by atoms with Crippen LogP contribution < -0.4 is 10.0 Å². The normalized spacial score (nSPS) is 12.6. The van der Waals surface area contributed by atoms with Crippen LogP contribution in [0.25, 0.3) is 0 Å². The maximum Gasteiger partial charge on any atom is 0.336 e. The van der Waals surface area contributed by atoms with Crippen molar-refractivity contribution in [1.82, 2.24) is 14.5 Å². The first-order valence-electron chi connectivity index (χ1n) is 8.11. The van der Waals surface area contributed by atoms with E-state index in [9.17, 15) is 18.0 Å². The average molecular weight is 394 g/mol. The molecular formula is C17H22N4O5S. The van der Waals surface area contributed by atoms with Gasteiger partial charge in [-0.3, -0.25) is 9.48 Å². The van der Waals surface area contributed by atoms with Gasteiger partial charge < -0.3 is 10.4 Å². The summed E-state index contributed by atoms with van der Waals surface area (Å²) in [5.74, 6) is -1.72. The van der Waals surface area contributed by atoms with E-state index in [1.54, 1.807) is 40.0 Å². The summed E-state index contributed by atoms with van der Waals surface area (Å²) in [4.78, 5) is 23.6. The third kappa shape index (κ3) is 4.34. The van der Waals surface area contributed by atoms with Crippen molar-refractivity contribution in [2.45, 2.75) is 38.6 Å². The molecule has 1 atom stereocenters. The summed E-state index contributed by atoms with van der Waals surface area (Å²) in [6, 6.07) is 3.36. The largest absolute Gasteiger partial charge is 0.478 e. The zero-order valence-electron chi connectivity index (χ0n) is 15.7. The van der Waals surface area contributed by atoms with Gasteiger partial charge in [0.2, 0.25) is 15.9 Å². The number of sulfonamides is 1. The minimum Gasteiger partial charge on any atom is -0.478 e. The molecule has 1 aromatic carbocycles. The quantitative estimate of drug-likeness (QED) is 0.678. The van der Waals surface area contributed by atoms with E-state index in [4.69, 9.17) is 5.11 Å². The number of nitrogens with one attached hydrogen (secondary N) is 2. The SMILES string of the molecule is Cc1ccc(NC(=O)C(C)NS(=O)(=O)c2c(C)nn(C)c2C)cc1C(=O)O. The molecule has 1 heterocycles. The van der Waals surface area contributed by atoms with E-state index in [0.717, 1.165) is 0 Å². The molecule has 10 heteroatoms. The van der Waals surface area contributed by atoms with Crippen LogP contribution in [0.3, 0.4) is 0 Å². The van der Waals surface area contributed by atoms with E-state index in [-0.39, 0.29) is 16.1 Å². The lowest BCUT2D eigenvalue weighted by Gasteiger charge is -2.15. The molecule has 2 rings (SSSR count). The van der Waals surface area contributed by atoms with E-state index in [1.165, 1.54) is 17.7 Å². The van der Waals surface area contributed by atoms with Crippen molar-refractivity contribution in [3.8, 4) is 0 Å². The Labute approximate surface area is 157 Å². The molecule has 1 unspecified atom stereocenters. The first kappa shape index (κ1) is 20.6. The second-order valence-corrected chi connectivity index (χ2v) is 7.94. The number of amides is 1. The molecule has 1 amide bonds. The number of carbonyl (C=O) groups is 2. The lowest BCUT2D eigenvalue weighted by atomic mass is 10.1. The van der Waals surface area contributed by atoms with Gasteiger partial charge in [-0.2, -0.15) is 9.82 Å². The zero-order valence-corrected chi connectivity index (χ0v) is 16.5. The van der Waals surface area contributed by atoms with Crippen molar-refractivity contribution < 1.29 is 23.1 Å². The van der Waals surface area contributed by atoms with Gasteiger partial charge in [-0.05, 0) is 45.4 Å². The molecule has 0 saturated carbocycles. The molecule has 0 spiro atoms. The van der Waals surface area contributed by atoms with Gasteiger partial charge in [0, 0.05) is 12.7 Å². The van der Waals surface area contributed by atoms with Gasteiger partial charge in [0.1, 0.15) is 4.90 Å². The molecule has 3 N–H and O–H groups in total. The number of hydrogen-bond acceptors (Lipinski definition) is 5. The fourth-order valence-electron chi connectivity index (χ4n) is 2.67. The number of aryl methyl sites for hydroxylation is 3. The van der Waals surface area contributed by atoms with Crippen LogP contribution in [0.2, 0.25) is 0 Å². The Morgan fingerprint density at radius 1 is 1.22 bits per heavy atom. The first-order valence-corrected chi connectivity index (χ1v) is 9.59. The number of benzene rings is 1. The predicted octanol–water partition coefficient (Wildman–Crippen LogP) is 1.35. The van der Waals surface area contributed by atoms with Crippen molar-refractivity contribution in [2.24, 2.45) is 7.05 Å². The van der Waals surface area contributed by atoms with Crippen LogP contribution in [0.5, 0.6) is 0 Å². The molecule has 0 aliphatic heterocycles. The highest BCUT2D eigenvalue weighted by molar-refractivity contribution is 7.89. The third-order valence-electron chi connectivity index (χ3n) is 4.17. The number of aromatic nitrogens is 2. The second-order valence-electron chi connectivity index (χ2n) is 6.29. The van der Waals surface area contributed by atoms with Gasteiger partial charge in [-0.25, -0.2) is 13.2 Å². The predicted molar refractivity (Wildman–Crippen MR) is 99.2 cm³/mol. The van der Waals surface area contributed by atoms with Crippen molar-refractivity contribution in [2.75, 3.05) is 5.32 Å². The van der Waals surface area contributed by atoms with Crippen LogP contribution in [0, 0.1) is 20.8 Å². The molecule has 0 saturated heterocycles. The highest BCUT2D eigenvalue weighted by atomic mass is 32.2. The van der Waals surface area contributed by atoms with E-state index in [0.29, 0.717) is 17.0 Å². The molecule has 1 aromatic heterocycles. The number of hydrogen-bond donors (Lipinski definition) is 3. The molecule has 27 heavy (non-hydrogen) atoms. The van der Waals surface area contributed by atoms with Crippen molar-refractivity contribution in [3.63, 3.8) is 0 Å². The van der Waals surface area contributed by atoms with Crippen molar-refractivity contribution >= 4 is 27.6 Å². The number of carboxylic acid groups (broad SMARTS) is 1. The van der Waals surface area contributed by atoms with E-state index >= 15 is 0 Å². The number of anilines is 1. The summed E-state index contributed by atoms with van der Waals surface area (Å²) in [6.45, 7) is 6.25. The lowest BCUT2D eigenvalue weighted by molar-refractivity contribution is -0.117. The summed E-state index contributed by atoms with van der Waals surface area (Å²) in [5, 5.41) is 15.7. The Bertz CT molecular complexity index is 1010. The summed E-state index contributed by atoms with van der Waals surface area (Å²) in [5.41, 5.74) is 1.67. The number of rotatable bonds is 6. The lowest BCUT2D eigenvalue weighted by Crippen LogP contribution is -2.41. The van der Waals surface area contributed by atoms with E-state index in [2.05, 4.69) is 15.1 Å². The second kappa shape index (κ2) is 7.49. The Morgan fingerprint density at radius 3 is 2.37 bits per heavy atom. The fraction of sp³-hybridized carbons (Fsp3) is 0.353. The van der Waals surface area contributed by atoms with Crippen LogP contribution >= 0.6 is 0 Å². The van der Waals surface area contributed by atoms with Crippen molar-refractivity contribution in [1.29, 1.82) is 0 Å². The van der Waals surface area contributed by atoms with Gasteiger partial charge in [-0.1, -0.05) is 6.07 Å². The standard InChI is InChI=1S/C17H22N4O5S/c1-9-6-7-13(8-14(9)17(23)24)18-16(22)11(3)20-27(25,26)15-10(2)19-21(5)12(15)4/h6-8,11,20H,1-5H3,(H,18,22)(H,23,24). The van der Waals surface area contributed by atoms with Crippen LogP contribution in [0.15, 0.2) is 23.1 Å². The maximum absolute atomic E-state index is 12.6. The van der Waals surface area contributed by atoms with E-state index in [1.807, 2.05) is 0 Å². The first-order chi connectivity index (χ1) is 12.4. The monoisotopic (exact) mass is 394 g/mol. The molecule has 9 nitrogen and oxygen atoms in total. The molecule has 0 radical (unpaired) electrons. The zero-order chi connectivity index (χ0) is 20.5. The molecule has 0 fully saturated rings. The molecule has 0 aliphatic rings. The minimum absolute atomic E-state index is 0.0353. The molecule has 0 aliphatic carbocycles. The van der Waals surface area contributed by atoms with Crippen molar-refractivity contribution in [3.05, 3.63) is 40.7 Å². The van der Waals surface area contributed by atoms with Gasteiger partial charge in [-0.15, -0.1) is 0 Å². The maximum atomic E-state index is 12.6. The number of nitrogens with zero attached hydrogens (tertiary/aromatic N) is 2. The van der Waals surface area contributed by atoms with Gasteiger partial charge >= 0.3 is 5.97 Å². The topological polar surface area (TPSA) is 130 Å². The Hall–Kier alpha value is -2.72. The summed E-state index contributed by atoms with van der Waals surface area (Å²) in [6.07, 6.45) is 0. The third-order valence-corrected chi connectivity index (χ3v) is 5.96. The number of carbonyl (C=O) groups excluding carboxylic acids is 1. The smallest absolute Gasteiger partial charge is 0.336 e. The fourth-order valence-corrected chi connectivity index (χ4v) is 4.31. The minimum atomic E-state index is -3.95. The summed E-state index contributed by atoms with van der Waals surface area (Å²) >= 11 is 0. The van der Waals surface area contributed by atoms with Crippen LogP contribution in [0.4, 0.5) is 5.69 Å². The highest BCUT2D eigenvalue weighted by Gasteiger charge is 2.27. The summed E-state index contributed by atoms with van der Waals surface area (Å²) in [7, 11) is -2.32. The Kier molecular flexibility index (Phi) is 5.71. The number of aromatic carboxylic acids is 1. The van der Waals surface area contributed by atoms with Gasteiger partial charge in [0.15, 0.2) is 0 Å². The van der Waals surface area contributed by atoms with Crippen LogP contribution in [-0.2, 0) is 21.9 Å². The average Bonchev–Trinajstić information content (AvgIpc) is 2.81. The highest BCUT2D eigenvalue weighted by Crippen LogP contribution is 2.19. The molecule has 146 valence electrons. The van der Waals surface area contributed by atoms with Gasteiger partial charge in [0.05, 0.1) is 23.0 Å². The number of carboxylic acids is 1. The van der Waals surface area contributed by atoms with Gasteiger partial charge in [0.25, 0.3) is 0 Å². The molecular weight excluding hydrogens is 372 g/mol. The Morgan fingerprint density at radius 2 is 1.85 bits per heavy atom. The van der Waals surface area contributed by atoms with E-state index < -0.39 is 27.9 Å². The van der Waals surface area contributed by atoms with Crippen LogP contribution in [0.1, 0.15) is 34.2 Å². The Balaban J connectivity index is 2.18.